The Bertz CT molecular complexity index is 646. The number of hydrogen-bond donors (Lipinski definition) is 1. The summed E-state index contributed by atoms with van der Waals surface area (Å²) < 4.78 is 7.12. The van der Waals surface area contributed by atoms with Gasteiger partial charge in [-0.2, -0.15) is 0 Å². The molecule has 0 saturated carbocycles. The lowest BCUT2D eigenvalue weighted by atomic mass is 10.2. The summed E-state index contributed by atoms with van der Waals surface area (Å²) in [6.07, 6.45) is 2.67. The van der Waals surface area contributed by atoms with Gasteiger partial charge in [0.15, 0.2) is 11.5 Å². The summed E-state index contributed by atoms with van der Waals surface area (Å²) in [5.41, 5.74) is 6.45. The molecule has 0 aliphatic carbocycles. The van der Waals surface area contributed by atoms with Gasteiger partial charge in [-0.1, -0.05) is 0 Å². The summed E-state index contributed by atoms with van der Waals surface area (Å²) in [6.45, 7) is 6.53. The van der Waals surface area contributed by atoms with Gasteiger partial charge in [0, 0.05) is 20.1 Å². The van der Waals surface area contributed by atoms with E-state index in [2.05, 4.69) is 15.0 Å². The number of fused-ring (bicyclic) bond motifs is 1. The van der Waals surface area contributed by atoms with Gasteiger partial charge in [0.2, 0.25) is 0 Å². The minimum Gasteiger partial charge on any atom is -0.444 e. The highest BCUT2D eigenvalue weighted by atomic mass is 16.6. The molecule has 0 atom stereocenters. The van der Waals surface area contributed by atoms with E-state index in [0.29, 0.717) is 30.1 Å². The van der Waals surface area contributed by atoms with E-state index in [9.17, 15) is 4.79 Å². The molecule has 21 heavy (non-hydrogen) atoms. The molecule has 0 aliphatic rings. The molecule has 0 fully saturated rings. The van der Waals surface area contributed by atoms with Gasteiger partial charge in [-0.3, -0.25) is 0 Å². The van der Waals surface area contributed by atoms with Crippen molar-refractivity contribution >= 4 is 23.1 Å². The van der Waals surface area contributed by atoms with Crippen molar-refractivity contribution in [2.24, 2.45) is 0 Å². The quantitative estimate of drug-likeness (QED) is 0.914. The zero-order valence-electron chi connectivity index (χ0n) is 12.7. The second-order valence-corrected chi connectivity index (χ2v) is 5.77. The van der Waals surface area contributed by atoms with Gasteiger partial charge in [0.25, 0.3) is 0 Å². The van der Waals surface area contributed by atoms with Gasteiger partial charge in [-0.25, -0.2) is 19.7 Å². The van der Waals surface area contributed by atoms with Crippen LogP contribution in [-0.4, -0.2) is 49.7 Å². The minimum atomic E-state index is -0.505. The van der Waals surface area contributed by atoms with Crippen molar-refractivity contribution in [3.05, 3.63) is 12.7 Å². The van der Waals surface area contributed by atoms with E-state index in [1.54, 1.807) is 13.4 Å². The summed E-state index contributed by atoms with van der Waals surface area (Å²) in [7, 11) is 1.69. The predicted molar refractivity (Wildman–Crippen MR) is 78.6 cm³/mol. The van der Waals surface area contributed by atoms with Crippen LogP contribution in [0.1, 0.15) is 20.8 Å². The molecule has 2 heterocycles. The number of ether oxygens (including phenoxy) is 1. The second kappa shape index (κ2) is 5.55. The fraction of sp³-hybridized carbons (Fsp3) is 0.538. The molecule has 0 radical (unpaired) electrons. The number of rotatable bonds is 3. The molecule has 1 amide bonds. The highest BCUT2D eigenvalue weighted by molar-refractivity contribution is 5.81. The van der Waals surface area contributed by atoms with Crippen molar-refractivity contribution in [2.45, 2.75) is 32.9 Å². The lowest BCUT2D eigenvalue weighted by Gasteiger charge is -2.24. The Morgan fingerprint density at radius 2 is 2.10 bits per heavy atom. The lowest BCUT2D eigenvalue weighted by molar-refractivity contribution is 0.0294. The maximum atomic E-state index is 11.9. The highest BCUT2D eigenvalue weighted by Crippen LogP contribution is 2.14. The Labute approximate surface area is 122 Å². The van der Waals surface area contributed by atoms with E-state index in [0.717, 1.165) is 0 Å². The number of aromatic nitrogens is 4. The molecule has 0 unspecified atom stereocenters. The van der Waals surface area contributed by atoms with Crippen LogP contribution in [0.4, 0.5) is 10.6 Å². The van der Waals surface area contributed by atoms with Gasteiger partial charge in [-0.15, -0.1) is 0 Å². The molecule has 114 valence electrons. The van der Waals surface area contributed by atoms with Crippen LogP contribution in [-0.2, 0) is 11.3 Å². The third-order valence-corrected chi connectivity index (χ3v) is 2.81. The Morgan fingerprint density at radius 1 is 1.38 bits per heavy atom. The van der Waals surface area contributed by atoms with Gasteiger partial charge in [0.1, 0.15) is 17.4 Å². The van der Waals surface area contributed by atoms with Crippen molar-refractivity contribution in [3.8, 4) is 0 Å². The van der Waals surface area contributed by atoms with Crippen LogP contribution in [0, 0.1) is 0 Å². The Morgan fingerprint density at radius 3 is 2.76 bits per heavy atom. The number of likely N-dealkylation sites (N-methyl/N-ethyl adjacent to an activating group) is 1. The first kappa shape index (κ1) is 15.0. The van der Waals surface area contributed by atoms with Gasteiger partial charge in [0.05, 0.1) is 6.33 Å². The van der Waals surface area contributed by atoms with Crippen LogP contribution in [0.5, 0.6) is 0 Å². The smallest absolute Gasteiger partial charge is 0.410 e. The Hall–Kier alpha value is -2.38. The molecule has 8 heteroatoms. The first-order valence-corrected chi connectivity index (χ1v) is 6.63. The van der Waals surface area contributed by atoms with Crippen molar-refractivity contribution < 1.29 is 9.53 Å². The number of hydrogen-bond acceptors (Lipinski definition) is 6. The summed E-state index contributed by atoms with van der Waals surface area (Å²) >= 11 is 0. The van der Waals surface area contributed by atoms with E-state index >= 15 is 0 Å². The number of nitrogens with zero attached hydrogens (tertiary/aromatic N) is 5. The van der Waals surface area contributed by atoms with E-state index < -0.39 is 5.60 Å². The average Bonchev–Trinajstić information content (AvgIpc) is 2.78. The largest absolute Gasteiger partial charge is 0.444 e. The standard InChI is InChI=1S/C13H20N6O2/c1-13(2,3)21-12(20)18(4)5-6-19-8-17-9-10(14)15-7-16-11(9)19/h7-8H,5-6H2,1-4H3,(H2,14,15,16). The zero-order valence-corrected chi connectivity index (χ0v) is 12.7. The van der Waals surface area contributed by atoms with Crippen molar-refractivity contribution in [3.63, 3.8) is 0 Å². The maximum absolute atomic E-state index is 11.9. The number of carbonyl (C=O) groups is 1. The van der Waals surface area contributed by atoms with Crippen LogP contribution in [0.2, 0.25) is 0 Å². The van der Waals surface area contributed by atoms with Crippen LogP contribution in [0.3, 0.4) is 0 Å². The van der Waals surface area contributed by atoms with E-state index in [1.807, 2.05) is 25.3 Å². The van der Waals surface area contributed by atoms with Crippen LogP contribution in [0.15, 0.2) is 12.7 Å². The minimum absolute atomic E-state index is 0.347. The van der Waals surface area contributed by atoms with Crippen molar-refractivity contribution in [2.75, 3.05) is 19.3 Å². The fourth-order valence-corrected chi connectivity index (χ4v) is 1.75. The predicted octanol–water partition coefficient (Wildman–Crippen LogP) is 1.28. The van der Waals surface area contributed by atoms with Crippen LogP contribution in [0.25, 0.3) is 11.2 Å². The summed E-state index contributed by atoms with van der Waals surface area (Å²) in [5.74, 6) is 0.347. The molecule has 2 aromatic heterocycles. The number of anilines is 1. The topological polar surface area (TPSA) is 99.2 Å². The lowest BCUT2D eigenvalue weighted by Crippen LogP contribution is -2.35. The monoisotopic (exact) mass is 292 g/mol. The molecule has 0 spiro atoms. The zero-order chi connectivity index (χ0) is 15.6. The van der Waals surface area contributed by atoms with E-state index in [4.69, 9.17) is 10.5 Å². The first-order valence-electron chi connectivity index (χ1n) is 6.63. The molecular formula is C13H20N6O2. The fourth-order valence-electron chi connectivity index (χ4n) is 1.75. The third-order valence-electron chi connectivity index (χ3n) is 2.81. The normalized spacial score (nSPS) is 11.6. The van der Waals surface area contributed by atoms with Crippen LogP contribution >= 0.6 is 0 Å². The molecule has 0 saturated heterocycles. The molecule has 0 aliphatic heterocycles. The average molecular weight is 292 g/mol. The maximum Gasteiger partial charge on any atom is 0.410 e. The van der Waals surface area contributed by atoms with Gasteiger partial charge < -0.3 is 19.9 Å². The number of imidazole rings is 1. The van der Waals surface area contributed by atoms with Crippen LogP contribution < -0.4 is 5.73 Å². The Balaban J connectivity index is 2.02. The van der Waals surface area contributed by atoms with E-state index in [-0.39, 0.29) is 6.09 Å². The number of carbonyl (C=O) groups excluding carboxylic acids is 1. The highest BCUT2D eigenvalue weighted by Gasteiger charge is 2.19. The SMILES string of the molecule is CN(CCn1cnc2c(N)ncnc21)C(=O)OC(C)(C)C. The van der Waals surface area contributed by atoms with Crippen molar-refractivity contribution in [1.82, 2.24) is 24.4 Å². The number of nitrogens with two attached hydrogens (primary N) is 1. The number of nitrogen functional groups attached to an aromatic ring is 1. The Kier molecular flexibility index (Phi) is 3.97. The molecule has 2 N–H and O–H groups in total. The van der Waals surface area contributed by atoms with Gasteiger partial charge >= 0.3 is 6.09 Å². The molecule has 8 nitrogen and oxygen atoms in total. The molecule has 0 aromatic carbocycles. The molecule has 2 aromatic rings. The molecular weight excluding hydrogens is 272 g/mol. The second-order valence-electron chi connectivity index (χ2n) is 5.77. The summed E-state index contributed by atoms with van der Waals surface area (Å²) in [6, 6.07) is 0. The van der Waals surface area contributed by atoms with Crippen molar-refractivity contribution in [1.29, 1.82) is 0 Å². The first-order chi connectivity index (χ1) is 9.78. The molecule has 0 bridgehead atoms. The summed E-state index contributed by atoms with van der Waals surface area (Å²) in [5, 5.41) is 0. The molecule has 2 rings (SSSR count). The third kappa shape index (κ3) is 3.59. The van der Waals surface area contributed by atoms with Gasteiger partial charge in [-0.05, 0) is 20.8 Å². The summed E-state index contributed by atoms with van der Waals surface area (Å²) in [4.78, 5) is 25.6. The van der Waals surface area contributed by atoms with E-state index in [1.165, 1.54) is 11.2 Å². The number of amides is 1.